The van der Waals surface area contributed by atoms with Crippen molar-refractivity contribution in [1.29, 1.82) is 0 Å². The number of nitrogens with one attached hydrogen (secondary N) is 1. The van der Waals surface area contributed by atoms with Crippen molar-refractivity contribution in [2.45, 2.75) is 32.2 Å². The molecule has 5 heteroatoms. The number of hydrogen-bond donors (Lipinski definition) is 2. The SMILES string of the molecule is CC(C)(CN)NC(=O)CCc1cscn1. The summed E-state index contributed by atoms with van der Waals surface area (Å²) >= 11 is 1.55. The molecule has 4 nitrogen and oxygen atoms in total. The molecule has 0 saturated heterocycles. The van der Waals surface area contributed by atoms with Crippen LogP contribution >= 0.6 is 11.3 Å². The average Bonchev–Trinajstić information content (AvgIpc) is 2.66. The highest BCUT2D eigenvalue weighted by Gasteiger charge is 2.17. The van der Waals surface area contributed by atoms with E-state index in [1.807, 2.05) is 19.2 Å². The number of nitrogens with two attached hydrogens (primary N) is 1. The van der Waals surface area contributed by atoms with Crippen molar-refractivity contribution in [3.63, 3.8) is 0 Å². The maximum absolute atomic E-state index is 11.5. The van der Waals surface area contributed by atoms with Crippen molar-refractivity contribution in [2.75, 3.05) is 6.54 Å². The summed E-state index contributed by atoms with van der Waals surface area (Å²) in [4.78, 5) is 15.6. The van der Waals surface area contributed by atoms with Gasteiger partial charge in [-0.3, -0.25) is 4.79 Å². The van der Waals surface area contributed by atoms with Gasteiger partial charge in [-0.1, -0.05) is 0 Å². The Morgan fingerprint density at radius 2 is 2.40 bits per heavy atom. The Bertz CT molecular complexity index is 308. The topological polar surface area (TPSA) is 68.0 Å². The van der Waals surface area contributed by atoms with Crippen molar-refractivity contribution in [1.82, 2.24) is 10.3 Å². The number of aromatic nitrogens is 1. The van der Waals surface area contributed by atoms with Gasteiger partial charge in [0.15, 0.2) is 0 Å². The fourth-order valence-corrected chi connectivity index (χ4v) is 1.69. The van der Waals surface area contributed by atoms with Gasteiger partial charge in [0.1, 0.15) is 0 Å². The second-order valence-electron chi connectivity index (χ2n) is 4.12. The lowest BCUT2D eigenvalue weighted by Crippen LogP contribution is -2.48. The molecule has 1 amide bonds. The molecule has 0 radical (unpaired) electrons. The van der Waals surface area contributed by atoms with E-state index in [4.69, 9.17) is 5.73 Å². The molecule has 0 unspecified atom stereocenters. The molecule has 15 heavy (non-hydrogen) atoms. The number of rotatable bonds is 5. The van der Waals surface area contributed by atoms with Crippen LogP contribution in [0.25, 0.3) is 0 Å². The molecule has 0 saturated carbocycles. The molecule has 0 aliphatic rings. The quantitative estimate of drug-likeness (QED) is 0.786. The smallest absolute Gasteiger partial charge is 0.220 e. The zero-order valence-electron chi connectivity index (χ0n) is 9.12. The number of thiazole rings is 1. The lowest BCUT2D eigenvalue weighted by molar-refractivity contribution is -0.122. The van der Waals surface area contributed by atoms with Gasteiger partial charge < -0.3 is 11.1 Å². The van der Waals surface area contributed by atoms with E-state index in [9.17, 15) is 4.79 Å². The van der Waals surface area contributed by atoms with E-state index < -0.39 is 0 Å². The Balaban J connectivity index is 2.31. The molecule has 84 valence electrons. The summed E-state index contributed by atoms with van der Waals surface area (Å²) in [7, 11) is 0. The number of amides is 1. The largest absolute Gasteiger partial charge is 0.350 e. The maximum Gasteiger partial charge on any atom is 0.220 e. The van der Waals surface area contributed by atoms with Gasteiger partial charge in [-0.2, -0.15) is 0 Å². The van der Waals surface area contributed by atoms with Gasteiger partial charge in [-0.05, 0) is 20.3 Å². The van der Waals surface area contributed by atoms with Crippen LogP contribution in [0.5, 0.6) is 0 Å². The molecule has 1 rings (SSSR count). The first-order valence-corrected chi connectivity index (χ1v) is 5.86. The molecule has 3 N–H and O–H groups in total. The Labute approximate surface area is 93.9 Å². The molecule has 1 heterocycles. The van der Waals surface area contributed by atoms with Crippen LogP contribution in [-0.2, 0) is 11.2 Å². The minimum absolute atomic E-state index is 0.0263. The van der Waals surface area contributed by atoms with Gasteiger partial charge in [0, 0.05) is 23.9 Å². The first kappa shape index (κ1) is 12.1. The normalized spacial score (nSPS) is 11.4. The molecule has 0 aromatic carbocycles. The van der Waals surface area contributed by atoms with Crippen LogP contribution in [0.15, 0.2) is 10.9 Å². The van der Waals surface area contributed by atoms with Crippen LogP contribution in [0.1, 0.15) is 26.0 Å². The van der Waals surface area contributed by atoms with Crippen LogP contribution in [0.3, 0.4) is 0 Å². The number of aryl methyl sites for hydroxylation is 1. The predicted octanol–water partition coefficient (Wildman–Crippen LogP) is 0.929. The molecule has 0 fully saturated rings. The van der Waals surface area contributed by atoms with E-state index in [1.165, 1.54) is 0 Å². The minimum atomic E-state index is -0.320. The predicted molar refractivity (Wildman–Crippen MR) is 61.7 cm³/mol. The van der Waals surface area contributed by atoms with E-state index in [2.05, 4.69) is 10.3 Å². The van der Waals surface area contributed by atoms with E-state index in [-0.39, 0.29) is 11.4 Å². The highest BCUT2D eigenvalue weighted by Crippen LogP contribution is 2.05. The molecule has 0 aliphatic carbocycles. The van der Waals surface area contributed by atoms with E-state index in [1.54, 1.807) is 16.8 Å². The summed E-state index contributed by atoms with van der Waals surface area (Å²) < 4.78 is 0. The third-order valence-corrected chi connectivity index (χ3v) is 2.72. The molecule has 1 aromatic rings. The van der Waals surface area contributed by atoms with Crippen LogP contribution in [0.2, 0.25) is 0 Å². The third-order valence-electron chi connectivity index (χ3n) is 2.08. The van der Waals surface area contributed by atoms with Crippen molar-refractivity contribution < 1.29 is 4.79 Å². The van der Waals surface area contributed by atoms with E-state index >= 15 is 0 Å². The zero-order chi connectivity index (χ0) is 11.3. The van der Waals surface area contributed by atoms with Gasteiger partial charge in [0.25, 0.3) is 0 Å². The third kappa shape index (κ3) is 4.40. The summed E-state index contributed by atoms with van der Waals surface area (Å²) in [6.45, 7) is 4.26. The highest BCUT2D eigenvalue weighted by molar-refractivity contribution is 7.07. The van der Waals surface area contributed by atoms with Crippen molar-refractivity contribution in [3.05, 3.63) is 16.6 Å². The molecular formula is C10H17N3OS. The summed E-state index contributed by atoms with van der Waals surface area (Å²) in [5.41, 5.74) is 7.95. The lowest BCUT2D eigenvalue weighted by Gasteiger charge is -2.24. The fraction of sp³-hybridized carbons (Fsp3) is 0.600. The van der Waals surface area contributed by atoms with Crippen molar-refractivity contribution in [3.8, 4) is 0 Å². The Morgan fingerprint density at radius 3 is 2.93 bits per heavy atom. The van der Waals surface area contributed by atoms with Gasteiger partial charge in [-0.15, -0.1) is 11.3 Å². The molecule has 0 aliphatic heterocycles. The molecule has 0 atom stereocenters. The number of carbonyl (C=O) groups excluding carboxylic acids is 1. The van der Waals surface area contributed by atoms with Crippen LogP contribution in [0, 0.1) is 0 Å². The van der Waals surface area contributed by atoms with Gasteiger partial charge in [0.05, 0.1) is 11.2 Å². The van der Waals surface area contributed by atoms with E-state index in [0.717, 1.165) is 5.69 Å². The molecular weight excluding hydrogens is 210 g/mol. The number of hydrogen-bond acceptors (Lipinski definition) is 4. The maximum atomic E-state index is 11.5. The molecule has 1 aromatic heterocycles. The van der Waals surface area contributed by atoms with Gasteiger partial charge in [-0.25, -0.2) is 4.98 Å². The highest BCUT2D eigenvalue weighted by atomic mass is 32.1. The summed E-state index contributed by atoms with van der Waals surface area (Å²) in [5, 5.41) is 4.84. The number of nitrogens with zero attached hydrogens (tertiary/aromatic N) is 1. The van der Waals surface area contributed by atoms with Crippen molar-refractivity contribution in [2.24, 2.45) is 5.73 Å². The summed E-state index contributed by atoms with van der Waals surface area (Å²) in [6.07, 6.45) is 1.16. The molecule has 0 spiro atoms. The van der Waals surface area contributed by atoms with E-state index in [0.29, 0.717) is 19.4 Å². The standard InChI is InChI=1S/C10H17N3OS/c1-10(2,6-11)13-9(14)4-3-8-5-15-7-12-8/h5,7H,3-4,6,11H2,1-2H3,(H,13,14). The van der Waals surface area contributed by atoms with Gasteiger partial charge >= 0.3 is 0 Å². The summed E-state index contributed by atoms with van der Waals surface area (Å²) in [6, 6.07) is 0. The first-order valence-electron chi connectivity index (χ1n) is 4.91. The Kier molecular flexibility index (Phi) is 4.23. The van der Waals surface area contributed by atoms with Crippen LogP contribution in [0.4, 0.5) is 0 Å². The molecule has 0 bridgehead atoms. The average molecular weight is 227 g/mol. The summed E-state index contributed by atoms with van der Waals surface area (Å²) in [5.74, 6) is 0.0263. The van der Waals surface area contributed by atoms with Crippen molar-refractivity contribution >= 4 is 17.2 Å². The van der Waals surface area contributed by atoms with Crippen LogP contribution in [-0.4, -0.2) is 23.0 Å². The first-order chi connectivity index (χ1) is 7.03. The minimum Gasteiger partial charge on any atom is -0.350 e. The zero-order valence-corrected chi connectivity index (χ0v) is 9.93. The second kappa shape index (κ2) is 5.23. The Morgan fingerprint density at radius 1 is 1.67 bits per heavy atom. The lowest BCUT2D eigenvalue weighted by atomic mass is 10.1. The monoisotopic (exact) mass is 227 g/mol. The fourth-order valence-electron chi connectivity index (χ4n) is 1.09. The van der Waals surface area contributed by atoms with Crippen LogP contribution < -0.4 is 11.1 Å². The second-order valence-corrected chi connectivity index (χ2v) is 4.83. The Hall–Kier alpha value is -0.940. The van der Waals surface area contributed by atoms with Gasteiger partial charge in [0.2, 0.25) is 5.91 Å². The number of carbonyl (C=O) groups is 1.